The van der Waals surface area contributed by atoms with E-state index in [4.69, 9.17) is 5.11 Å². The smallest absolute Gasteiger partial charge is 0.251 e. The van der Waals surface area contributed by atoms with Gasteiger partial charge in [0.15, 0.2) is 0 Å². The van der Waals surface area contributed by atoms with Crippen LogP contribution in [0.2, 0.25) is 0 Å². The first-order chi connectivity index (χ1) is 5.61. The van der Waals surface area contributed by atoms with Gasteiger partial charge in [0.05, 0.1) is 0 Å². The Bertz CT molecular complexity index is 160. The second-order valence-corrected chi connectivity index (χ2v) is 3.68. The molecule has 0 aromatic heterocycles. The van der Waals surface area contributed by atoms with Crippen molar-refractivity contribution >= 4 is 5.91 Å². The fourth-order valence-corrected chi connectivity index (χ4v) is 1.49. The molecule has 3 heteroatoms. The quantitative estimate of drug-likeness (QED) is 0.628. The first-order valence-corrected chi connectivity index (χ1v) is 4.58. The zero-order chi connectivity index (χ0) is 9.14. The molecule has 1 heterocycles. The van der Waals surface area contributed by atoms with E-state index in [9.17, 15) is 4.79 Å². The molecule has 1 aliphatic heterocycles. The van der Waals surface area contributed by atoms with Gasteiger partial charge in [-0.1, -0.05) is 6.92 Å². The van der Waals surface area contributed by atoms with Crippen LogP contribution < -0.4 is 0 Å². The van der Waals surface area contributed by atoms with Crippen LogP contribution in [-0.2, 0) is 4.79 Å². The first-order valence-electron chi connectivity index (χ1n) is 4.58. The molecule has 0 bridgehead atoms. The number of carbonyl (C=O) groups is 1. The lowest BCUT2D eigenvalue weighted by atomic mass is 9.99. The maximum absolute atomic E-state index is 11.3. The molecule has 1 rings (SSSR count). The average molecular weight is 171 g/mol. The van der Waals surface area contributed by atoms with Crippen molar-refractivity contribution in [1.82, 2.24) is 4.90 Å². The summed E-state index contributed by atoms with van der Waals surface area (Å²) in [7, 11) is 0. The molecular formula is C9H17NO2. The summed E-state index contributed by atoms with van der Waals surface area (Å²) in [4.78, 5) is 13.0. The van der Waals surface area contributed by atoms with Crippen molar-refractivity contribution in [2.45, 2.75) is 32.8 Å². The molecule has 0 aromatic carbocycles. The summed E-state index contributed by atoms with van der Waals surface area (Å²) in [5.74, 6) is 0.602. The van der Waals surface area contributed by atoms with Crippen LogP contribution in [-0.4, -0.2) is 35.1 Å². The van der Waals surface area contributed by atoms with E-state index < -0.39 is 6.10 Å². The third kappa shape index (κ3) is 2.21. The molecule has 0 aliphatic carbocycles. The monoisotopic (exact) mass is 171 g/mol. The highest BCUT2D eigenvalue weighted by molar-refractivity contribution is 5.80. The summed E-state index contributed by atoms with van der Waals surface area (Å²) in [6.07, 6.45) is 1.30. The largest absolute Gasteiger partial charge is 0.384 e. The van der Waals surface area contributed by atoms with E-state index in [1.807, 2.05) is 0 Å². The Morgan fingerprint density at radius 1 is 1.50 bits per heavy atom. The molecule has 0 unspecified atom stereocenters. The standard InChI is InChI=1S/C9H17NO2/c1-7-3-5-10(6-4-7)9(12)8(2)11/h7-8,11H,3-6H2,1-2H3/t8-/m1/s1. The van der Waals surface area contributed by atoms with Gasteiger partial charge in [0, 0.05) is 13.1 Å². The van der Waals surface area contributed by atoms with Crippen molar-refractivity contribution in [2.24, 2.45) is 5.92 Å². The fraction of sp³-hybridized carbons (Fsp3) is 0.889. The van der Waals surface area contributed by atoms with Gasteiger partial charge in [-0.05, 0) is 25.7 Å². The second kappa shape index (κ2) is 3.90. The van der Waals surface area contributed by atoms with Gasteiger partial charge in [0.1, 0.15) is 6.10 Å². The summed E-state index contributed by atoms with van der Waals surface area (Å²) in [5.41, 5.74) is 0. The lowest BCUT2D eigenvalue weighted by Crippen LogP contribution is -2.42. The Morgan fingerprint density at radius 3 is 2.42 bits per heavy atom. The van der Waals surface area contributed by atoms with Crippen molar-refractivity contribution in [1.29, 1.82) is 0 Å². The molecule has 0 aromatic rings. The van der Waals surface area contributed by atoms with Crippen LogP contribution in [0.4, 0.5) is 0 Å². The van der Waals surface area contributed by atoms with Gasteiger partial charge in [0.2, 0.25) is 0 Å². The number of hydrogen-bond acceptors (Lipinski definition) is 2. The van der Waals surface area contributed by atoms with E-state index in [1.165, 1.54) is 6.92 Å². The molecule has 0 radical (unpaired) electrons. The highest BCUT2D eigenvalue weighted by Crippen LogP contribution is 2.16. The lowest BCUT2D eigenvalue weighted by Gasteiger charge is -2.31. The summed E-state index contributed by atoms with van der Waals surface area (Å²) in [6, 6.07) is 0. The molecule has 0 saturated carbocycles. The fourth-order valence-electron chi connectivity index (χ4n) is 1.49. The maximum Gasteiger partial charge on any atom is 0.251 e. The highest BCUT2D eigenvalue weighted by atomic mass is 16.3. The Morgan fingerprint density at radius 2 is 2.00 bits per heavy atom. The van der Waals surface area contributed by atoms with Crippen LogP contribution in [0.5, 0.6) is 0 Å². The van der Waals surface area contributed by atoms with Gasteiger partial charge in [-0.25, -0.2) is 0 Å². The van der Waals surface area contributed by atoms with E-state index in [0.29, 0.717) is 0 Å². The van der Waals surface area contributed by atoms with Crippen LogP contribution in [0.25, 0.3) is 0 Å². The topological polar surface area (TPSA) is 40.5 Å². The minimum absolute atomic E-state index is 0.123. The number of aliphatic hydroxyl groups excluding tert-OH is 1. The molecular weight excluding hydrogens is 154 g/mol. The average Bonchev–Trinajstić information content (AvgIpc) is 2.04. The predicted octanol–water partition coefficient (Wildman–Crippen LogP) is 0.626. The molecule has 1 amide bonds. The minimum atomic E-state index is -0.835. The molecule has 1 fully saturated rings. The summed E-state index contributed by atoms with van der Waals surface area (Å²) in [5, 5.41) is 9.05. The number of nitrogens with zero attached hydrogens (tertiary/aromatic N) is 1. The van der Waals surface area contributed by atoms with Crippen molar-refractivity contribution in [2.75, 3.05) is 13.1 Å². The number of aliphatic hydroxyl groups is 1. The Hall–Kier alpha value is -0.570. The van der Waals surface area contributed by atoms with Gasteiger partial charge < -0.3 is 10.0 Å². The van der Waals surface area contributed by atoms with Crippen molar-refractivity contribution in [3.05, 3.63) is 0 Å². The molecule has 1 aliphatic rings. The van der Waals surface area contributed by atoms with Crippen molar-refractivity contribution < 1.29 is 9.90 Å². The van der Waals surface area contributed by atoms with Crippen LogP contribution in [0, 0.1) is 5.92 Å². The molecule has 1 atom stereocenters. The third-order valence-electron chi connectivity index (χ3n) is 2.45. The van der Waals surface area contributed by atoms with E-state index >= 15 is 0 Å². The zero-order valence-electron chi connectivity index (χ0n) is 7.79. The van der Waals surface area contributed by atoms with Crippen molar-refractivity contribution in [3.8, 4) is 0 Å². The number of carbonyl (C=O) groups excluding carboxylic acids is 1. The normalized spacial score (nSPS) is 22.4. The molecule has 12 heavy (non-hydrogen) atoms. The summed E-state index contributed by atoms with van der Waals surface area (Å²) >= 11 is 0. The predicted molar refractivity (Wildman–Crippen MR) is 46.7 cm³/mol. The Labute approximate surface area is 73.4 Å². The number of piperidine rings is 1. The Balaban J connectivity index is 2.39. The van der Waals surface area contributed by atoms with Gasteiger partial charge in [-0.2, -0.15) is 0 Å². The number of rotatable bonds is 1. The SMILES string of the molecule is CC1CCN(C(=O)[C@@H](C)O)CC1. The first kappa shape index (κ1) is 9.52. The molecule has 1 saturated heterocycles. The molecule has 1 N–H and O–H groups in total. The maximum atomic E-state index is 11.3. The van der Waals surface area contributed by atoms with Crippen molar-refractivity contribution in [3.63, 3.8) is 0 Å². The van der Waals surface area contributed by atoms with Gasteiger partial charge in [-0.15, -0.1) is 0 Å². The zero-order valence-corrected chi connectivity index (χ0v) is 7.79. The number of amides is 1. The van der Waals surface area contributed by atoms with E-state index in [1.54, 1.807) is 4.90 Å². The second-order valence-electron chi connectivity index (χ2n) is 3.68. The van der Waals surface area contributed by atoms with E-state index in [2.05, 4.69) is 6.92 Å². The lowest BCUT2D eigenvalue weighted by molar-refractivity contribution is -0.140. The highest BCUT2D eigenvalue weighted by Gasteiger charge is 2.22. The molecule has 3 nitrogen and oxygen atoms in total. The third-order valence-corrected chi connectivity index (χ3v) is 2.45. The van der Waals surface area contributed by atoms with Crippen LogP contribution in [0.3, 0.4) is 0 Å². The number of hydrogen-bond donors (Lipinski definition) is 1. The van der Waals surface area contributed by atoms with E-state index in [-0.39, 0.29) is 5.91 Å². The summed E-state index contributed by atoms with van der Waals surface area (Å²) in [6.45, 7) is 5.35. The number of likely N-dealkylation sites (tertiary alicyclic amines) is 1. The Kier molecular flexibility index (Phi) is 3.09. The van der Waals surface area contributed by atoms with Gasteiger partial charge >= 0.3 is 0 Å². The minimum Gasteiger partial charge on any atom is -0.384 e. The van der Waals surface area contributed by atoms with Crippen LogP contribution >= 0.6 is 0 Å². The van der Waals surface area contributed by atoms with Crippen LogP contribution in [0.1, 0.15) is 26.7 Å². The summed E-state index contributed by atoms with van der Waals surface area (Å²) < 4.78 is 0. The van der Waals surface area contributed by atoms with Gasteiger partial charge in [0.25, 0.3) is 5.91 Å². The van der Waals surface area contributed by atoms with Crippen LogP contribution in [0.15, 0.2) is 0 Å². The van der Waals surface area contributed by atoms with Gasteiger partial charge in [-0.3, -0.25) is 4.79 Å². The van der Waals surface area contributed by atoms with E-state index in [0.717, 1.165) is 31.8 Å². The molecule has 70 valence electrons. The molecule has 0 spiro atoms.